The molecule has 1 atom stereocenters. The molecule has 1 unspecified atom stereocenters. The predicted octanol–water partition coefficient (Wildman–Crippen LogP) is 2.14. The van der Waals surface area contributed by atoms with Gasteiger partial charge in [0.1, 0.15) is 0 Å². The van der Waals surface area contributed by atoms with Crippen LogP contribution in [0.3, 0.4) is 0 Å². The topological polar surface area (TPSA) is 39.1 Å². The highest BCUT2D eigenvalue weighted by Crippen LogP contribution is 2.17. The second-order valence-corrected chi connectivity index (χ2v) is 4.65. The predicted molar refractivity (Wildman–Crippen MR) is 70.1 cm³/mol. The first-order valence-corrected chi connectivity index (χ1v) is 6.28. The standard InChI is InChI=1S/C14H19N3/c1-12-6-9-17(8-3-7-16-12)14-5-2-4-13(10-14)11-15/h2,4-5,10,12,16H,3,6-9H2,1H3. The maximum Gasteiger partial charge on any atom is 0.0992 e. The molecule has 90 valence electrons. The number of hydrogen-bond donors (Lipinski definition) is 1. The number of nitrogens with zero attached hydrogens (tertiary/aromatic N) is 2. The van der Waals surface area contributed by atoms with Crippen LogP contribution in [0.25, 0.3) is 0 Å². The Kier molecular flexibility index (Phi) is 4.00. The van der Waals surface area contributed by atoms with Crippen LogP contribution >= 0.6 is 0 Å². The zero-order valence-electron chi connectivity index (χ0n) is 10.3. The quantitative estimate of drug-likeness (QED) is 0.802. The zero-order chi connectivity index (χ0) is 12.1. The van der Waals surface area contributed by atoms with Crippen molar-refractivity contribution in [1.82, 2.24) is 5.32 Å². The summed E-state index contributed by atoms with van der Waals surface area (Å²) in [5, 5.41) is 12.4. The number of anilines is 1. The van der Waals surface area contributed by atoms with Crippen LogP contribution in [0.15, 0.2) is 24.3 Å². The molecule has 0 saturated carbocycles. The average molecular weight is 229 g/mol. The van der Waals surface area contributed by atoms with Crippen molar-refractivity contribution in [1.29, 1.82) is 5.26 Å². The zero-order valence-corrected chi connectivity index (χ0v) is 10.3. The van der Waals surface area contributed by atoms with E-state index in [1.807, 2.05) is 18.2 Å². The van der Waals surface area contributed by atoms with Gasteiger partial charge in [-0.3, -0.25) is 0 Å². The van der Waals surface area contributed by atoms with Crippen LogP contribution < -0.4 is 10.2 Å². The molecule has 0 radical (unpaired) electrons. The van der Waals surface area contributed by atoms with Gasteiger partial charge in [0.15, 0.2) is 0 Å². The molecule has 1 fully saturated rings. The molecule has 0 aliphatic carbocycles. The molecule has 0 aromatic heterocycles. The highest BCUT2D eigenvalue weighted by molar-refractivity contribution is 5.51. The van der Waals surface area contributed by atoms with Crippen molar-refractivity contribution in [3.05, 3.63) is 29.8 Å². The van der Waals surface area contributed by atoms with E-state index in [4.69, 9.17) is 5.26 Å². The molecule has 2 rings (SSSR count). The highest BCUT2D eigenvalue weighted by Gasteiger charge is 2.12. The normalized spacial score (nSPS) is 21.4. The maximum atomic E-state index is 8.92. The first-order valence-electron chi connectivity index (χ1n) is 6.28. The molecule has 1 N–H and O–H groups in total. The van der Waals surface area contributed by atoms with Gasteiger partial charge in [-0.15, -0.1) is 0 Å². The van der Waals surface area contributed by atoms with E-state index in [0.29, 0.717) is 6.04 Å². The second kappa shape index (κ2) is 5.70. The average Bonchev–Trinajstić information content (AvgIpc) is 2.34. The van der Waals surface area contributed by atoms with Crippen molar-refractivity contribution in [3.8, 4) is 6.07 Å². The molecule has 0 bridgehead atoms. The van der Waals surface area contributed by atoms with Crippen LogP contribution in [0.1, 0.15) is 25.3 Å². The minimum Gasteiger partial charge on any atom is -0.371 e. The van der Waals surface area contributed by atoms with Gasteiger partial charge in [-0.25, -0.2) is 0 Å². The number of nitriles is 1. The lowest BCUT2D eigenvalue weighted by Gasteiger charge is -2.29. The van der Waals surface area contributed by atoms with Crippen LogP contribution in [-0.2, 0) is 0 Å². The van der Waals surface area contributed by atoms with Crippen molar-refractivity contribution in [2.45, 2.75) is 25.8 Å². The monoisotopic (exact) mass is 229 g/mol. The van der Waals surface area contributed by atoms with Crippen molar-refractivity contribution >= 4 is 5.69 Å². The van der Waals surface area contributed by atoms with Gasteiger partial charge in [0.05, 0.1) is 11.6 Å². The van der Waals surface area contributed by atoms with E-state index in [9.17, 15) is 0 Å². The molecule has 1 aromatic carbocycles. The first kappa shape index (κ1) is 11.9. The van der Waals surface area contributed by atoms with Gasteiger partial charge >= 0.3 is 0 Å². The minimum atomic E-state index is 0.581. The second-order valence-electron chi connectivity index (χ2n) is 4.65. The maximum absolute atomic E-state index is 8.92. The van der Waals surface area contributed by atoms with Crippen molar-refractivity contribution < 1.29 is 0 Å². The van der Waals surface area contributed by atoms with Gasteiger partial charge in [0.25, 0.3) is 0 Å². The molecule has 17 heavy (non-hydrogen) atoms. The first-order chi connectivity index (χ1) is 8.29. The summed E-state index contributed by atoms with van der Waals surface area (Å²) in [5.41, 5.74) is 1.92. The molecule has 3 nitrogen and oxygen atoms in total. The van der Waals surface area contributed by atoms with Crippen molar-refractivity contribution in [2.75, 3.05) is 24.5 Å². The Bertz CT molecular complexity index is 408. The number of benzene rings is 1. The summed E-state index contributed by atoms with van der Waals surface area (Å²) in [6.07, 6.45) is 2.30. The smallest absolute Gasteiger partial charge is 0.0992 e. The van der Waals surface area contributed by atoms with Gasteiger partial charge in [0.2, 0.25) is 0 Å². The van der Waals surface area contributed by atoms with E-state index in [1.165, 1.54) is 5.69 Å². The molecule has 1 aliphatic rings. The molecule has 3 heteroatoms. The lowest BCUT2D eigenvalue weighted by Crippen LogP contribution is -2.38. The Labute approximate surface area is 103 Å². The molecule has 1 saturated heterocycles. The van der Waals surface area contributed by atoms with Crippen LogP contribution in [0, 0.1) is 11.3 Å². The molecular weight excluding hydrogens is 210 g/mol. The molecular formula is C14H19N3. The molecule has 0 spiro atoms. The summed E-state index contributed by atoms with van der Waals surface area (Å²) >= 11 is 0. The molecule has 1 heterocycles. The van der Waals surface area contributed by atoms with Gasteiger partial charge in [-0.2, -0.15) is 5.26 Å². The largest absolute Gasteiger partial charge is 0.371 e. The lowest BCUT2D eigenvalue weighted by molar-refractivity contribution is 0.475. The number of rotatable bonds is 1. The Hall–Kier alpha value is -1.53. The number of nitrogens with one attached hydrogen (secondary N) is 1. The van der Waals surface area contributed by atoms with E-state index in [0.717, 1.165) is 38.0 Å². The van der Waals surface area contributed by atoms with E-state index < -0.39 is 0 Å². The van der Waals surface area contributed by atoms with E-state index >= 15 is 0 Å². The highest BCUT2D eigenvalue weighted by atomic mass is 15.1. The van der Waals surface area contributed by atoms with Crippen LogP contribution in [-0.4, -0.2) is 25.7 Å². The van der Waals surface area contributed by atoms with Crippen LogP contribution in [0.2, 0.25) is 0 Å². The summed E-state index contributed by atoms with van der Waals surface area (Å²) in [6, 6.07) is 10.7. The molecule has 0 amide bonds. The summed E-state index contributed by atoms with van der Waals surface area (Å²) in [5.74, 6) is 0. The number of hydrogen-bond acceptors (Lipinski definition) is 3. The third kappa shape index (κ3) is 3.21. The SMILES string of the molecule is CC1CCN(c2cccc(C#N)c2)CCCN1. The summed E-state index contributed by atoms with van der Waals surface area (Å²) in [4.78, 5) is 2.39. The molecule has 1 aliphatic heterocycles. The fourth-order valence-corrected chi connectivity index (χ4v) is 2.21. The lowest BCUT2D eigenvalue weighted by atomic mass is 10.1. The summed E-state index contributed by atoms with van der Waals surface area (Å²) in [6.45, 7) is 5.43. The Morgan fingerprint density at radius 2 is 2.29 bits per heavy atom. The Morgan fingerprint density at radius 1 is 1.41 bits per heavy atom. The summed E-state index contributed by atoms with van der Waals surface area (Å²) in [7, 11) is 0. The fourth-order valence-electron chi connectivity index (χ4n) is 2.21. The third-order valence-electron chi connectivity index (χ3n) is 3.27. The van der Waals surface area contributed by atoms with Gasteiger partial charge < -0.3 is 10.2 Å². The van der Waals surface area contributed by atoms with Crippen molar-refractivity contribution in [3.63, 3.8) is 0 Å². The van der Waals surface area contributed by atoms with Crippen LogP contribution in [0.4, 0.5) is 5.69 Å². The minimum absolute atomic E-state index is 0.581. The Balaban J connectivity index is 2.11. The van der Waals surface area contributed by atoms with E-state index in [-0.39, 0.29) is 0 Å². The van der Waals surface area contributed by atoms with Crippen LogP contribution in [0.5, 0.6) is 0 Å². The third-order valence-corrected chi connectivity index (χ3v) is 3.27. The van der Waals surface area contributed by atoms with Crippen molar-refractivity contribution in [2.24, 2.45) is 0 Å². The van der Waals surface area contributed by atoms with Gasteiger partial charge in [-0.1, -0.05) is 6.07 Å². The van der Waals surface area contributed by atoms with Gasteiger partial charge in [-0.05, 0) is 44.5 Å². The Morgan fingerprint density at radius 3 is 3.12 bits per heavy atom. The van der Waals surface area contributed by atoms with E-state index in [2.05, 4.69) is 29.3 Å². The molecule has 1 aromatic rings. The summed E-state index contributed by atoms with van der Waals surface area (Å²) < 4.78 is 0. The van der Waals surface area contributed by atoms with Gasteiger partial charge in [0, 0.05) is 24.8 Å². The van der Waals surface area contributed by atoms with E-state index in [1.54, 1.807) is 0 Å². The fraction of sp³-hybridized carbons (Fsp3) is 0.500.